The van der Waals surface area contributed by atoms with E-state index in [0.29, 0.717) is 0 Å². The van der Waals surface area contributed by atoms with Crippen LogP contribution in [0.25, 0.3) is 0 Å². The van der Waals surface area contributed by atoms with Crippen LogP contribution in [0.5, 0.6) is 0 Å². The van der Waals surface area contributed by atoms with Gasteiger partial charge in [-0.05, 0) is 0 Å². The average molecular weight is 350 g/mol. The molecular weight excluding hydrogens is 350 g/mol. The Hall–Kier alpha value is -0.980. The summed E-state index contributed by atoms with van der Waals surface area (Å²) in [6.07, 6.45) is -30.2. The van der Waals surface area contributed by atoms with E-state index < -0.39 is 41.5 Å². The molecule has 1 saturated carbocycles. The van der Waals surface area contributed by atoms with Crippen LogP contribution in [0.1, 0.15) is 0 Å². The summed E-state index contributed by atoms with van der Waals surface area (Å²) in [6, 6.07) is 0. The summed E-state index contributed by atoms with van der Waals surface area (Å²) in [5.74, 6) is -7.19. The molecule has 126 valence electrons. The lowest BCUT2D eigenvalue weighted by atomic mass is 9.89. The van der Waals surface area contributed by atoms with Crippen LogP contribution in [-0.4, -0.2) is 30.6 Å². The first-order chi connectivity index (χ1) is 8.75. The second kappa shape index (κ2) is 3.67. The first-order valence-corrected chi connectivity index (χ1v) is 4.40. The molecule has 0 aromatic heterocycles. The molecule has 1 aliphatic carbocycles. The lowest BCUT2D eigenvalue weighted by Crippen LogP contribution is -2.53. The zero-order valence-corrected chi connectivity index (χ0v) is 8.79. The SMILES string of the molecule is FC(F)(F)C1(C(F)(F)F)C(F)(F)C1(C(F)(F)F)C(F)(F)F. The van der Waals surface area contributed by atoms with Gasteiger partial charge in [-0.2, -0.15) is 52.7 Å². The van der Waals surface area contributed by atoms with Crippen LogP contribution in [0.15, 0.2) is 0 Å². The molecule has 0 bridgehead atoms. The lowest BCUT2D eigenvalue weighted by Gasteiger charge is -2.29. The third kappa shape index (κ3) is 1.53. The van der Waals surface area contributed by atoms with Crippen molar-refractivity contribution in [2.75, 3.05) is 0 Å². The molecule has 0 spiro atoms. The molecule has 0 aliphatic heterocycles. The van der Waals surface area contributed by atoms with Crippen LogP contribution in [0.2, 0.25) is 0 Å². The Morgan fingerprint density at radius 3 is 0.571 bits per heavy atom. The van der Waals surface area contributed by atoms with Crippen molar-refractivity contribution >= 4 is 0 Å². The molecular formula is C7F14. The topological polar surface area (TPSA) is 0 Å². The van der Waals surface area contributed by atoms with E-state index in [-0.39, 0.29) is 0 Å². The van der Waals surface area contributed by atoms with E-state index in [0.717, 1.165) is 0 Å². The maximum absolute atomic E-state index is 12.9. The van der Waals surface area contributed by atoms with E-state index in [1.165, 1.54) is 0 Å². The molecule has 0 nitrogen and oxygen atoms in total. The first-order valence-electron chi connectivity index (χ1n) is 4.40. The second-order valence-corrected chi connectivity index (χ2v) is 4.07. The maximum atomic E-state index is 12.9. The van der Waals surface area contributed by atoms with Crippen LogP contribution in [0, 0.1) is 10.8 Å². The summed E-state index contributed by atoms with van der Waals surface area (Å²) in [6.45, 7) is 0. The van der Waals surface area contributed by atoms with Crippen LogP contribution < -0.4 is 0 Å². The highest BCUT2D eigenvalue weighted by Gasteiger charge is 3.19. The fraction of sp³-hybridized carbons (Fsp3) is 1.00. The summed E-state index contributed by atoms with van der Waals surface area (Å²) in [4.78, 5) is 0. The zero-order chi connectivity index (χ0) is 17.5. The summed E-state index contributed by atoms with van der Waals surface area (Å²) < 4.78 is 173. The summed E-state index contributed by atoms with van der Waals surface area (Å²) >= 11 is 0. The van der Waals surface area contributed by atoms with Gasteiger partial charge in [0.1, 0.15) is 0 Å². The molecule has 14 heteroatoms. The molecule has 0 amide bonds. The normalized spacial score (nSPS) is 24.9. The van der Waals surface area contributed by atoms with E-state index in [4.69, 9.17) is 0 Å². The van der Waals surface area contributed by atoms with E-state index in [1.54, 1.807) is 0 Å². The summed E-state index contributed by atoms with van der Waals surface area (Å²) in [7, 11) is 0. The van der Waals surface area contributed by atoms with Crippen LogP contribution in [0.4, 0.5) is 61.5 Å². The zero-order valence-electron chi connectivity index (χ0n) is 8.79. The first kappa shape index (κ1) is 18.1. The number of alkyl halides is 14. The average Bonchev–Trinajstić information content (AvgIpc) is 2.54. The van der Waals surface area contributed by atoms with Gasteiger partial charge in [-0.3, -0.25) is 0 Å². The quantitative estimate of drug-likeness (QED) is 0.548. The van der Waals surface area contributed by atoms with Crippen molar-refractivity contribution in [1.82, 2.24) is 0 Å². The third-order valence-electron chi connectivity index (χ3n) is 3.14. The van der Waals surface area contributed by atoms with E-state index in [9.17, 15) is 61.5 Å². The van der Waals surface area contributed by atoms with Crippen molar-refractivity contribution in [3.8, 4) is 0 Å². The number of rotatable bonds is 0. The van der Waals surface area contributed by atoms with E-state index >= 15 is 0 Å². The Kier molecular flexibility index (Phi) is 3.16. The Morgan fingerprint density at radius 1 is 0.381 bits per heavy atom. The highest BCUT2D eigenvalue weighted by atomic mass is 19.4. The van der Waals surface area contributed by atoms with Crippen LogP contribution >= 0.6 is 0 Å². The fourth-order valence-electron chi connectivity index (χ4n) is 2.37. The van der Waals surface area contributed by atoms with Gasteiger partial charge in [0, 0.05) is 0 Å². The molecule has 0 unspecified atom stereocenters. The van der Waals surface area contributed by atoms with Gasteiger partial charge in [-0.15, -0.1) is 0 Å². The van der Waals surface area contributed by atoms with Crippen molar-refractivity contribution in [3.63, 3.8) is 0 Å². The molecule has 1 fully saturated rings. The molecule has 1 rings (SSSR count). The van der Waals surface area contributed by atoms with E-state index in [2.05, 4.69) is 0 Å². The van der Waals surface area contributed by atoms with Gasteiger partial charge >= 0.3 is 24.7 Å². The molecule has 0 aromatic rings. The standard InChI is InChI=1S/C7F14/c8-3(9)1(4(10,11)12,5(13,14)15)2(3,6(16,17)18)7(19,20)21. The predicted octanol–water partition coefficient (Wildman–Crippen LogP) is 4.86. The third-order valence-corrected chi connectivity index (χ3v) is 3.14. The fourth-order valence-corrected chi connectivity index (χ4v) is 2.37. The number of hydrogen-bond donors (Lipinski definition) is 0. The van der Waals surface area contributed by atoms with Gasteiger partial charge < -0.3 is 0 Å². The molecule has 0 atom stereocenters. The Labute approximate surface area is 104 Å². The van der Waals surface area contributed by atoms with Gasteiger partial charge in [-0.1, -0.05) is 0 Å². The minimum atomic E-state index is -7.54. The highest BCUT2D eigenvalue weighted by Crippen LogP contribution is 2.92. The van der Waals surface area contributed by atoms with Gasteiger partial charge in [0.2, 0.25) is 0 Å². The van der Waals surface area contributed by atoms with Gasteiger partial charge in [0.05, 0.1) is 0 Å². The molecule has 0 radical (unpaired) electrons. The Bertz CT molecular complexity index is 358. The summed E-state index contributed by atoms with van der Waals surface area (Å²) in [5, 5.41) is 0. The number of hydrogen-bond acceptors (Lipinski definition) is 0. The summed E-state index contributed by atoms with van der Waals surface area (Å²) in [5.41, 5.74) is -14.6. The van der Waals surface area contributed by atoms with Crippen LogP contribution in [0.3, 0.4) is 0 Å². The minimum absolute atomic E-state index is 7.19. The smallest absolute Gasteiger partial charge is 0.204 e. The largest absolute Gasteiger partial charge is 0.410 e. The van der Waals surface area contributed by atoms with Gasteiger partial charge in [0.25, 0.3) is 16.8 Å². The monoisotopic (exact) mass is 350 g/mol. The van der Waals surface area contributed by atoms with Crippen molar-refractivity contribution in [2.45, 2.75) is 30.6 Å². The Morgan fingerprint density at radius 2 is 0.524 bits per heavy atom. The molecule has 0 aromatic carbocycles. The predicted molar refractivity (Wildman–Crippen MR) is 34.0 cm³/mol. The molecule has 0 N–H and O–H groups in total. The molecule has 0 saturated heterocycles. The van der Waals surface area contributed by atoms with Crippen molar-refractivity contribution in [3.05, 3.63) is 0 Å². The van der Waals surface area contributed by atoms with Crippen molar-refractivity contribution in [2.24, 2.45) is 10.8 Å². The molecule has 1 aliphatic rings. The van der Waals surface area contributed by atoms with Gasteiger partial charge in [0.15, 0.2) is 0 Å². The van der Waals surface area contributed by atoms with Crippen LogP contribution in [-0.2, 0) is 0 Å². The molecule has 21 heavy (non-hydrogen) atoms. The minimum Gasteiger partial charge on any atom is -0.204 e. The Balaban J connectivity index is 3.94. The highest BCUT2D eigenvalue weighted by molar-refractivity contribution is 5.39. The maximum Gasteiger partial charge on any atom is 0.410 e. The van der Waals surface area contributed by atoms with Crippen molar-refractivity contribution < 1.29 is 61.5 Å². The van der Waals surface area contributed by atoms with Crippen molar-refractivity contribution in [1.29, 1.82) is 0 Å². The lowest BCUT2D eigenvalue weighted by molar-refractivity contribution is -0.381. The van der Waals surface area contributed by atoms with Gasteiger partial charge in [-0.25, -0.2) is 8.78 Å². The molecule has 0 heterocycles. The second-order valence-electron chi connectivity index (χ2n) is 4.07. The number of halogens is 14. The van der Waals surface area contributed by atoms with E-state index in [1.807, 2.05) is 0 Å².